The van der Waals surface area contributed by atoms with E-state index >= 15 is 0 Å². The van der Waals surface area contributed by atoms with Crippen molar-refractivity contribution in [3.63, 3.8) is 0 Å². The Morgan fingerprint density at radius 1 is 1.22 bits per heavy atom. The van der Waals surface area contributed by atoms with E-state index in [1.165, 1.54) is 5.56 Å². The number of nitrogens with zero attached hydrogens (tertiary/aromatic N) is 4. The molecule has 1 N–H and O–H groups in total. The maximum Gasteiger partial charge on any atom is 0.260 e. The van der Waals surface area contributed by atoms with Crippen molar-refractivity contribution in [2.24, 2.45) is 5.41 Å². The summed E-state index contributed by atoms with van der Waals surface area (Å²) >= 11 is 1.63. The molecule has 4 heterocycles. The van der Waals surface area contributed by atoms with Gasteiger partial charge in [0.25, 0.3) is 5.59 Å². The number of pyridine rings is 1. The summed E-state index contributed by atoms with van der Waals surface area (Å²) in [4.78, 5) is 34.7. The van der Waals surface area contributed by atoms with E-state index in [1.54, 1.807) is 18.4 Å². The SMILES string of the molecule is CCn1c(-c2cccnc2[C@H](C)OC)c(CC(C)(C)COC(=O)[SiH3])c2cc(-c3csc(C[C@H]([SiH3])C(=O)N4CCCCN4)n3)ccc21. The van der Waals surface area contributed by atoms with Gasteiger partial charge in [-0.2, -0.15) is 0 Å². The number of hydrogen-bond donors (Lipinski definition) is 1. The zero-order valence-electron chi connectivity index (χ0n) is 28.2. The van der Waals surface area contributed by atoms with Crippen molar-refractivity contribution < 1.29 is 19.1 Å². The van der Waals surface area contributed by atoms with Crippen LogP contribution < -0.4 is 5.43 Å². The molecule has 0 spiro atoms. The average Bonchev–Trinajstić information content (AvgIpc) is 3.65. The Hall–Kier alpha value is -3.17. The quantitative estimate of drug-likeness (QED) is 0.222. The molecule has 1 aliphatic heterocycles. The second kappa shape index (κ2) is 14.7. The number of amides is 1. The van der Waals surface area contributed by atoms with Gasteiger partial charge in [0.1, 0.15) is 10.2 Å². The first-order valence-corrected chi connectivity index (χ1v) is 19.3. The van der Waals surface area contributed by atoms with Crippen molar-refractivity contribution in [3.05, 3.63) is 58.2 Å². The van der Waals surface area contributed by atoms with Gasteiger partial charge in [-0.05, 0) is 62.9 Å². The van der Waals surface area contributed by atoms with Crippen molar-refractivity contribution in [2.45, 2.75) is 71.6 Å². The van der Waals surface area contributed by atoms with Gasteiger partial charge in [0, 0.05) is 88.0 Å². The van der Waals surface area contributed by atoms with E-state index in [1.807, 2.05) is 24.2 Å². The Bertz CT molecular complexity index is 1700. The molecule has 1 amide bonds. The molecule has 1 saturated heterocycles. The molecular formula is C34H47N5O4SSi2. The summed E-state index contributed by atoms with van der Waals surface area (Å²) in [5.74, 6) is 0.193. The first-order valence-electron chi connectivity index (χ1n) is 16.3. The van der Waals surface area contributed by atoms with Gasteiger partial charge in [0.2, 0.25) is 5.91 Å². The number of hydrazine groups is 1. The number of hydrogen-bond acceptors (Lipinski definition) is 8. The summed E-state index contributed by atoms with van der Waals surface area (Å²) in [6, 6.07) is 10.7. The minimum Gasteiger partial charge on any atom is -0.470 e. The molecule has 1 aromatic carbocycles. The molecule has 0 radical (unpaired) electrons. The fraction of sp³-hybridized carbons (Fsp3) is 0.471. The van der Waals surface area contributed by atoms with Crippen LogP contribution in [0.15, 0.2) is 41.9 Å². The minimum absolute atomic E-state index is 0.00915. The van der Waals surface area contributed by atoms with Crippen LogP contribution in [0, 0.1) is 5.41 Å². The molecule has 1 aliphatic rings. The summed E-state index contributed by atoms with van der Waals surface area (Å²) in [5, 5.41) is 6.07. The summed E-state index contributed by atoms with van der Waals surface area (Å²) in [7, 11) is 2.86. The van der Waals surface area contributed by atoms with E-state index in [0.717, 1.165) is 86.8 Å². The molecule has 1 fully saturated rings. The monoisotopic (exact) mass is 677 g/mol. The summed E-state index contributed by atoms with van der Waals surface area (Å²) < 4.78 is 13.7. The van der Waals surface area contributed by atoms with Crippen LogP contribution >= 0.6 is 11.3 Å². The van der Waals surface area contributed by atoms with Crippen molar-refractivity contribution >= 4 is 54.2 Å². The maximum absolute atomic E-state index is 13.1. The number of benzene rings is 1. The van der Waals surface area contributed by atoms with E-state index in [-0.39, 0.29) is 28.6 Å². The summed E-state index contributed by atoms with van der Waals surface area (Å²) in [6.45, 7) is 11.3. The van der Waals surface area contributed by atoms with Crippen LogP contribution in [0.3, 0.4) is 0 Å². The Labute approximate surface area is 281 Å². The number of thiazole rings is 1. The fourth-order valence-corrected chi connectivity index (χ4v) is 8.38. The van der Waals surface area contributed by atoms with Crippen LogP contribution in [0.25, 0.3) is 33.4 Å². The fourth-order valence-electron chi connectivity index (χ4n) is 6.31. The second-order valence-corrected chi connectivity index (χ2v) is 16.2. The number of nitrogens with one attached hydrogen (secondary N) is 1. The van der Waals surface area contributed by atoms with Gasteiger partial charge < -0.3 is 14.0 Å². The number of aryl methyl sites for hydroxylation is 1. The highest BCUT2D eigenvalue weighted by Crippen LogP contribution is 2.41. The molecule has 0 aliphatic carbocycles. The average molecular weight is 678 g/mol. The van der Waals surface area contributed by atoms with Crippen LogP contribution in [-0.4, -0.2) is 78.3 Å². The van der Waals surface area contributed by atoms with Gasteiger partial charge in [-0.25, -0.2) is 10.4 Å². The molecule has 46 heavy (non-hydrogen) atoms. The normalized spacial score (nSPS) is 15.4. The first kappa shape index (κ1) is 34.2. The number of ether oxygens (including phenoxy) is 2. The third kappa shape index (κ3) is 7.52. The van der Waals surface area contributed by atoms with Gasteiger partial charge in [-0.15, -0.1) is 11.3 Å². The highest BCUT2D eigenvalue weighted by atomic mass is 32.1. The lowest BCUT2D eigenvalue weighted by atomic mass is 9.84. The third-order valence-electron chi connectivity index (χ3n) is 8.77. The number of fused-ring (bicyclic) bond motifs is 1. The summed E-state index contributed by atoms with van der Waals surface area (Å²) in [5.41, 5.74) is 10.2. The smallest absolute Gasteiger partial charge is 0.260 e. The van der Waals surface area contributed by atoms with E-state index < -0.39 is 0 Å². The zero-order chi connectivity index (χ0) is 33.0. The predicted molar refractivity (Wildman–Crippen MR) is 192 cm³/mol. The van der Waals surface area contributed by atoms with Gasteiger partial charge >= 0.3 is 0 Å². The number of carbonyl (C=O) groups excluding carboxylic acids is 2. The van der Waals surface area contributed by atoms with Crippen LogP contribution in [0.5, 0.6) is 0 Å². The number of carbonyl (C=O) groups is 2. The van der Waals surface area contributed by atoms with E-state index in [9.17, 15) is 9.59 Å². The first-order chi connectivity index (χ1) is 22.0. The number of rotatable bonds is 12. The molecule has 5 rings (SSSR count). The third-order valence-corrected chi connectivity index (χ3v) is 10.8. The molecular weight excluding hydrogens is 631 g/mol. The Morgan fingerprint density at radius 3 is 2.72 bits per heavy atom. The lowest BCUT2D eigenvalue weighted by Crippen LogP contribution is -2.48. The van der Waals surface area contributed by atoms with E-state index in [2.05, 4.69) is 60.4 Å². The van der Waals surface area contributed by atoms with Gasteiger partial charge in [-0.3, -0.25) is 19.6 Å². The number of aromatic nitrogens is 3. The van der Waals surface area contributed by atoms with Crippen LogP contribution in [0.2, 0.25) is 5.54 Å². The largest absolute Gasteiger partial charge is 0.470 e. The van der Waals surface area contributed by atoms with Crippen molar-refractivity contribution in [2.75, 3.05) is 26.8 Å². The highest BCUT2D eigenvalue weighted by molar-refractivity contribution is 7.10. The molecule has 12 heteroatoms. The zero-order valence-corrected chi connectivity index (χ0v) is 33.0. The number of methoxy groups -OCH3 is 1. The van der Waals surface area contributed by atoms with E-state index in [0.29, 0.717) is 29.7 Å². The minimum atomic E-state index is -0.295. The lowest BCUT2D eigenvalue weighted by molar-refractivity contribution is -0.135. The van der Waals surface area contributed by atoms with Gasteiger partial charge in [-0.1, -0.05) is 19.9 Å². The van der Waals surface area contributed by atoms with Crippen LogP contribution in [-0.2, 0) is 33.7 Å². The van der Waals surface area contributed by atoms with Gasteiger partial charge in [0.15, 0.2) is 0 Å². The molecule has 9 nitrogen and oxygen atoms in total. The van der Waals surface area contributed by atoms with E-state index in [4.69, 9.17) is 19.4 Å². The molecule has 3 aromatic heterocycles. The Balaban J connectivity index is 1.56. The highest BCUT2D eigenvalue weighted by Gasteiger charge is 2.29. The van der Waals surface area contributed by atoms with Crippen molar-refractivity contribution in [3.8, 4) is 22.5 Å². The predicted octanol–water partition coefficient (Wildman–Crippen LogP) is 4.45. The Morgan fingerprint density at radius 2 is 2.02 bits per heavy atom. The van der Waals surface area contributed by atoms with Crippen molar-refractivity contribution in [1.29, 1.82) is 0 Å². The summed E-state index contributed by atoms with van der Waals surface area (Å²) in [6.07, 6.45) is 5.18. The lowest BCUT2D eigenvalue weighted by Gasteiger charge is -2.29. The maximum atomic E-state index is 13.1. The molecule has 0 unspecified atom stereocenters. The van der Waals surface area contributed by atoms with Crippen molar-refractivity contribution in [1.82, 2.24) is 25.0 Å². The standard InChI is InChI=1S/C34H47N5O4SSi2/c1-6-38-27-12-11-22(26-19-44-29(37-26)17-28(45)32(40)39-15-8-7-14-36-39)16-24(27)25(18-34(3,4)20-43-33(41)46)31(38)23-10-9-13-35-30(23)21(2)42-5/h9-13,16,19,21,28,36H,6-8,14-15,17-18,20H2,1-5,45-46H3/t21-,28-/m0/s1. The van der Waals surface area contributed by atoms with Gasteiger partial charge in [0.05, 0.1) is 34.8 Å². The molecule has 0 bridgehead atoms. The molecule has 2 atom stereocenters. The molecule has 0 saturated carbocycles. The topological polar surface area (TPSA) is 98.6 Å². The van der Waals surface area contributed by atoms with Crippen LogP contribution in [0.1, 0.15) is 62.9 Å². The molecule has 246 valence electrons. The second-order valence-electron chi connectivity index (χ2n) is 13.1. The van der Waals surface area contributed by atoms with Crippen LogP contribution in [0.4, 0.5) is 4.79 Å². The molecule has 4 aromatic rings. The Kier molecular flexibility index (Phi) is 10.9.